The first-order valence-electron chi connectivity index (χ1n) is 4.85. The van der Waals surface area contributed by atoms with Crippen LogP contribution in [0.15, 0.2) is 24.4 Å². The minimum absolute atomic E-state index is 0.277. The van der Waals surface area contributed by atoms with Crippen LogP contribution in [0, 0.1) is 6.92 Å². The molecule has 0 aliphatic rings. The summed E-state index contributed by atoms with van der Waals surface area (Å²) >= 11 is 11.8. The molecule has 17 heavy (non-hydrogen) atoms. The molecule has 2 N–H and O–H groups in total. The Balaban J connectivity index is 2.25. The highest BCUT2D eigenvalue weighted by Gasteiger charge is 2.13. The van der Waals surface area contributed by atoms with E-state index in [1.54, 1.807) is 25.1 Å². The highest BCUT2D eigenvalue weighted by molar-refractivity contribution is 6.44. The van der Waals surface area contributed by atoms with Crippen molar-refractivity contribution in [1.82, 2.24) is 10.2 Å². The number of hydrogen-bond acceptors (Lipinski definition) is 2. The highest BCUT2D eigenvalue weighted by atomic mass is 35.5. The van der Waals surface area contributed by atoms with Crippen LogP contribution in [0.4, 0.5) is 5.69 Å². The van der Waals surface area contributed by atoms with Gasteiger partial charge in [0, 0.05) is 5.69 Å². The molecule has 0 fully saturated rings. The van der Waals surface area contributed by atoms with Gasteiger partial charge in [-0.1, -0.05) is 29.3 Å². The molecule has 1 amide bonds. The summed E-state index contributed by atoms with van der Waals surface area (Å²) in [5, 5.41) is 9.87. The third-order valence-corrected chi connectivity index (χ3v) is 3.09. The van der Waals surface area contributed by atoms with Crippen molar-refractivity contribution in [2.75, 3.05) is 5.32 Å². The highest BCUT2D eigenvalue weighted by Crippen LogP contribution is 2.29. The Kier molecular flexibility index (Phi) is 3.36. The zero-order valence-corrected chi connectivity index (χ0v) is 10.4. The lowest BCUT2D eigenvalue weighted by molar-refractivity contribution is 0.102. The van der Waals surface area contributed by atoms with Crippen LogP contribution in [0.1, 0.15) is 16.1 Å². The van der Waals surface area contributed by atoms with Crippen LogP contribution in [0.3, 0.4) is 0 Å². The molecule has 2 aromatic rings. The van der Waals surface area contributed by atoms with E-state index in [2.05, 4.69) is 15.5 Å². The first-order valence-corrected chi connectivity index (χ1v) is 5.60. The van der Waals surface area contributed by atoms with Gasteiger partial charge in [-0.3, -0.25) is 9.89 Å². The van der Waals surface area contributed by atoms with Gasteiger partial charge < -0.3 is 5.32 Å². The molecule has 0 saturated carbocycles. The van der Waals surface area contributed by atoms with E-state index in [0.29, 0.717) is 27.0 Å². The Morgan fingerprint density at radius 2 is 2.18 bits per heavy atom. The van der Waals surface area contributed by atoms with Gasteiger partial charge >= 0.3 is 0 Å². The summed E-state index contributed by atoms with van der Waals surface area (Å²) < 4.78 is 0. The van der Waals surface area contributed by atoms with E-state index in [1.807, 2.05) is 0 Å². The van der Waals surface area contributed by atoms with Gasteiger partial charge in [0.15, 0.2) is 0 Å². The van der Waals surface area contributed by atoms with E-state index < -0.39 is 0 Å². The summed E-state index contributed by atoms with van der Waals surface area (Å²) in [6.45, 7) is 1.77. The quantitative estimate of drug-likeness (QED) is 0.879. The van der Waals surface area contributed by atoms with Gasteiger partial charge in [0.1, 0.15) is 0 Å². The summed E-state index contributed by atoms with van der Waals surface area (Å²) in [4.78, 5) is 11.9. The zero-order chi connectivity index (χ0) is 12.4. The zero-order valence-electron chi connectivity index (χ0n) is 8.92. The van der Waals surface area contributed by atoms with Gasteiger partial charge in [-0.15, -0.1) is 0 Å². The molecular weight excluding hydrogens is 261 g/mol. The number of halogens is 2. The third-order valence-electron chi connectivity index (χ3n) is 2.27. The van der Waals surface area contributed by atoms with Crippen molar-refractivity contribution in [3.8, 4) is 0 Å². The van der Waals surface area contributed by atoms with E-state index >= 15 is 0 Å². The van der Waals surface area contributed by atoms with Crippen molar-refractivity contribution in [2.24, 2.45) is 0 Å². The molecule has 0 unspecified atom stereocenters. The number of amides is 1. The van der Waals surface area contributed by atoms with E-state index in [1.165, 1.54) is 6.20 Å². The van der Waals surface area contributed by atoms with Gasteiger partial charge in [0.25, 0.3) is 5.91 Å². The largest absolute Gasteiger partial charge is 0.320 e. The fourth-order valence-corrected chi connectivity index (χ4v) is 1.72. The van der Waals surface area contributed by atoms with Crippen molar-refractivity contribution >= 4 is 34.8 Å². The van der Waals surface area contributed by atoms with Gasteiger partial charge in [-0.05, 0) is 19.1 Å². The lowest BCUT2D eigenvalue weighted by Crippen LogP contribution is -2.12. The van der Waals surface area contributed by atoms with Gasteiger partial charge in [-0.2, -0.15) is 5.10 Å². The van der Waals surface area contributed by atoms with E-state index in [-0.39, 0.29) is 5.91 Å². The molecule has 2 rings (SSSR count). The van der Waals surface area contributed by atoms with Crippen LogP contribution in [0.5, 0.6) is 0 Å². The first-order chi connectivity index (χ1) is 8.09. The first kappa shape index (κ1) is 12.0. The summed E-state index contributed by atoms with van der Waals surface area (Å²) in [5.74, 6) is -0.277. The number of aryl methyl sites for hydroxylation is 1. The van der Waals surface area contributed by atoms with Crippen molar-refractivity contribution in [2.45, 2.75) is 6.92 Å². The normalized spacial score (nSPS) is 10.3. The van der Waals surface area contributed by atoms with Crippen LogP contribution in [-0.2, 0) is 0 Å². The Bertz CT molecular complexity index is 566. The van der Waals surface area contributed by atoms with Crippen molar-refractivity contribution in [1.29, 1.82) is 0 Å². The van der Waals surface area contributed by atoms with E-state index in [0.717, 1.165) is 0 Å². The monoisotopic (exact) mass is 269 g/mol. The molecule has 6 heteroatoms. The molecule has 0 saturated heterocycles. The molecule has 1 aromatic carbocycles. The van der Waals surface area contributed by atoms with Crippen molar-refractivity contribution < 1.29 is 4.79 Å². The number of aromatic nitrogens is 2. The predicted octanol–water partition coefficient (Wildman–Crippen LogP) is 3.28. The third kappa shape index (κ3) is 2.43. The lowest BCUT2D eigenvalue weighted by atomic mass is 10.2. The Morgan fingerprint density at radius 3 is 2.82 bits per heavy atom. The maximum absolute atomic E-state index is 11.9. The molecule has 0 aliphatic carbocycles. The minimum Gasteiger partial charge on any atom is -0.320 e. The van der Waals surface area contributed by atoms with E-state index in [9.17, 15) is 4.79 Å². The molecule has 0 spiro atoms. The maximum atomic E-state index is 11.9. The van der Waals surface area contributed by atoms with Gasteiger partial charge in [0.05, 0.1) is 27.5 Å². The maximum Gasteiger partial charge on any atom is 0.259 e. The van der Waals surface area contributed by atoms with Crippen LogP contribution in [0.25, 0.3) is 0 Å². The fourth-order valence-electron chi connectivity index (χ4n) is 1.37. The van der Waals surface area contributed by atoms with Gasteiger partial charge in [-0.25, -0.2) is 0 Å². The Hall–Kier alpha value is -1.52. The SMILES string of the molecule is Cc1[nH]ncc1C(=O)Nc1cccc(Cl)c1Cl. The number of H-pyrrole nitrogens is 1. The Labute approximate surface area is 108 Å². The number of carbonyl (C=O) groups excluding carboxylic acids is 1. The van der Waals surface area contributed by atoms with Crippen molar-refractivity contribution in [3.63, 3.8) is 0 Å². The smallest absolute Gasteiger partial charge is 0.259 e. The van der Waals surface area contributed by atoms with Crippen LogP contribution < -0.4 is 5.32 Å². The van der Waals surface area contributed by atoms with Crippen LogP contribution in [-0.4, -0.2) is 16.1 Å². The van der Waals surface area contributed by atoms with E-state index in [4.69, 9.17) is 23.2 Å². The minimum atomic E-state index is -0.277. The predicted molar refractivity (Wildman–Crippen MR) is 67.7 cm³/mol. The summed E-state index contributed by atoms with van der Waals surface area (Å²) in [7, 11) is 0. The number of benzene rings is 1. The molecule has 0 bridgehead atoms. The van der Waals surface area contributed by atoms with Crippen molar-refractivity contribution in [3.05, 3.63) is 45.7 Å². The molecule has 1 heterocycles. The number of nitrogens with zero attached hydrogens (tertiary/aromatic N) is 1. The van der Waals surface area contributed by atoms with Crippen LogP contribution in [0.2, 0.25) is 10.0 Å². The summed E-state index contributed by atoms with van der Waals surface area (Å²) in [6, 6.07) is 5.05. The molecule has 88 valence electrons. The molecular formula is C11H9Cl2N3O. The number of anilines is 1. The number of rotatable bonds is 2. The molecule has 4 nitrogen and oxygen atoms in total. The number of hydrogen-bond donors (Lipinski definition) is 2. The average Bonchev–Trinajstić information content (AvgIpc) is 2.71. The lowest BCUT2D eigenvalue weighted by Gasteiger charge is -2.07. The molecule has 0 aliphatic heterocycles. The summed E-state index contributed by atoms with van der Waals surface area (Å²) in [5.41, 5.74) is 1.64. The number of aromatic amines is 1. The standard InChI is InChI=1S/C11H9Cl2N3O/c1-6-7(5-14-16-6)11(17)15-9-4-2-3-8(12)10(9)13/h2-5H,1H3,(H,14,16)(H,15,17). The number of nitrogens with one attached hydrogen (secondary N) is 2. The molecule has 1 aromatic heterocycles. The average molecular weight is 270 g/mol. The topological polar surface area (TPSA) is 57.8 Å². The fraction of sp³-hybridized carbons (Fsp3) is 0.0909. The second kappa shape index (κ2) is 4.77. The second-order valence-electron chi connectivity index (χ2n) is 3.46. The molecule has 0 radical (unpaired) electrons. The van der Waals surface area contributed by atoms with Crippen LogP contribution >= 0.6 is 23.2 Å². The van der Waals surface area contributed by atoms with Gasteiger partial charge in [0.2, 0.25) is 0 Å². The number of carbonyl (C=O) groups is 1. The molecule has 0 atom stereocenters. The Morgan fingerprint density at radius 1 is 1.41 bits per heavy atom. The second-order valence-corrected chi connectivity index (χ2v) is 4.25. The summed E-state index contributed by atoms with van der Waals surface area (Å²) in [6.07, 6.45) is 1.46.